The van der Waals surface area contributed by atoms with Crippen LogP contribution in [0.4, 0.5) is 11.4 Å². The largest absolute Gasteiger partial charge is 0.469 e. The molecule has 0 spiro atoms. The summed E-state index contributed by atoms with van der Waals surface area (Å²) in [4.78, 5) is 23.5. The van der Waals surface area contributed by atoms with E-state index in [0.717, 1.165) is 0 Å². The van der Waals surface area contributed by atoms with Gasteiger partial charge in [0.2, 0.25) is 0 Å². The van der Waals surface area contributed by atoms with E-state index < -0.39 is 16.5 Å². The van der Waals surface area contributed by atoms with Crippen molar-refractivity contribution in [3.63, 3.8) is 0 Å². The number of rotatable bonds is 4. The molecule has 0 amide bonds. The summed E-state index contributed by atoms with van der Waals surface area (Å²) in [5.74, 6) is -0.440. The van der Waals surface area contributed by atoms with Crippen molar-refractivity contribution in [1.82, 2.24) is 0 Å². The molecule has 0 saturated carbocycles. The Kier molecular flexibility index (Phi) is 4.87. The fourth-order valence-corrected chi connectivity index (χ4v) is 2.84. The number of nitro groups is 1. The number of piperidine rings is 1. The van der Waals surface area contributed by atoms with Crippen molar-refractivity contribution in [3.05, 3.63) is 33.3 Å². The number of nitro benzene ring substituents is 1. The summed E-state index contributed by atoms with van der Waals surface area (Å²) >= 11 is 6.10. The zero-order chi connectivity index (χ0) is 16.3. The van der Waals surface area contributed by atoms with E-state index in [2.05, 4.69) is 4.74 Å². The number of nitrogens with zero attached hydrogens (tertiary/aromatic N) is 2. The molecule has 120 valence electrons. The van der Waals surface area contributed by atoms with Gasteiger partial charge in [-0.05, 0) is 18.9 Å². The molecule has 0 aromatic heterocycles. The van der Waals surface area contributed by atoms with Crippen molar-refractivity contribution >= 4 is 28.9 Å². The minimum Gasteiger partial charge on any atom is -0.469 e. The van der Waals surface area contributed by atoms with Gasteiger partial charge < -0.3 is 14.7 Å². The normalized spacial score (nSPS) is 17.1. The van der Waals surface area contributed by atoms with Crippen LogP contribution in [0.2, 0.25) is 5.02 Å². The molecule has 1 aliphatic heterocycles. The highest BCUT2D eigenvalue weighted by molar-refractivity contribution is 6.33. The molecule has 22 heavy (non-hydrogen) atoms. The maximum Gasteiger partial charge on any atom is 0.308 e. The first-order valence-electron chi connectivity index (χ1n) is 6.83. The van der Waals surface area contributed by atoms with E-state index in [1.54, 1.807) is 6.07 Å². The Balaban J connectivity index is 2.05. The molecule has 8 heteroatoms. The van der Waals surface area contributed by atoms with E-state index in [0.29, 0.717) is 36.6 Å². The van der Waals surface area contributed by atoms with E-state index in [-0.39, 0.29) is 12.1 Å². The molecule has 1 saturated heterocycles. The molecule has 0 radical (unpaired) electrons. The van der Waals surface area contributed by atoms with Gasteiger partial charge in [0.1, 0.15) is 0 Å². The quantitative estimate of drug-likeness (QED) is 0.517. The van der Waals surface area contributed by atoms with Crippen molar-refractivity contribution in [2.45, 2.75) is 24.9 Å². The number of anilines is 1. The molecule has 0 atom stereocenters. The highest BCUT2D eigenvalue weighted by Gasteiger charge is 2.35. The predicted octanol–water partition coefficient (Wildman–Crippen LogP) is 2.14. The number of ether oxygens (including phenoxy) is 1. The standard InChI is InChI=1S/C14H17ClN2O5/c1-22-13(18)9-14(19)4-6-16(7-5-14)12-3-2-10(17(20)21)8-11(12)15/h2-3,8,19H,4-7,9H2,1H3. The first kappa shape index (κ1) is 16.5. The molecule has 7 nitrogen and oxygen atoms in total. The van der Waals surface area contributed by atoms with E-state index in [4.69, 9.17) is 11.6 Å². The van der Waals surface area contributed by atoms with E-state index in [1.165, 1.54) is 19.2 Å². The molecule has 1 aromatic carbocycles. The van der Waals surface area contributed by atoms with Crippen LogP contribution in [0.3, 0.4) is 0 Å². The summed E-state index contributed by atoms with van der Waals surface area (Å²) in [5.41, 5.74) is -0.447. The summed E-state index contributed by atoms with van der Waals surface area (Å²) in [6.07, 6.45) is 0.760. The summed E-state index contributed by atoms with van der Waals surface area (Å²) in [6, 6.07) is 4.31. The average molecular weight is 329 g/mol. The Morgan fingerprint density at radius 1 is 1.50 bits per heavy atom. The van der Waals surface area contributed by atoms with Gasteiger partial charge in [0.15, 0.2) is 0 Å². The molecular weight excluding hydrogens is 312 g/mol. The van der Waals surface area contributed by atoms with Crippen LogP contribution in [0, 0.1) is 10.1 Å². The molecule has 2 rings (SSSR count). The number of carbonyl (C=O) groups excluding carboxylic acids is 1. The van der Waals surface area contributed by atoms with Gasteiger partial charge in [0, 0.05) is 25.2 Å². The number of carbonyl (C=O) groups is 1. The van der Waals surface area contributed by atoms with Crippen molar-refractivity contribution in [2.75, 3.05) is 25.1 Å². The number of non-ortho nitro benzene ring substituents is 1. The van der Waals surface area contributed by atoms with Gasteiger partial charge >= 0.3 is 5.97 Å². The Hall–Kier alpha value is -1.86. The number of hydrogen-bond donors (Lipinski definition) is 1. The summed E-state index contributed by atoms with van der Waals surface area (Å²) < 4.78 is 4.59. The SMILES string of the molecule is COC(=O)CC1(O)CCN(c2ccc([N+](=O)[O-])cc2Cl)CC1. The van der Waals surface area contributed by atoms with Crippen LogP contribution in [-0.2, 0) is 9.53 Å². The van der Waals surface area contributed by atoms with Crippen LogP contribution in [0.1, 0.15) is 19.3 Å². The Bertz CT molecular complexity index is 585. The van der Waals surface area contributed by atoms with Gasteiger partial charge in [-0.2, -0.15) is 0 Å². The monoisotopic (exact) mass is 328 g/mol. The summed E-state index contributed by atoms with van der Waals surface area (Å²) in [6.45, 7) is 1.01. The van der Waals surface area contributed by atoms with Gasteiger partial charge in [-0.25, -0.2) is 0 Å². The predicted molar refractivity (Wildman–Crippen MR) is 81.1 cm³/mol. The molecule has 0 aliphatic carbocycles. The second-order valence-electron chi connectivity index (χ2n) is 5.36. The van der Waals surface area contributed by atoms with Gasteiger partial charge in [-0.3, -0.25) is 14.9 Å². The van der Waals surface area contributed by atoms with Crippen molar-refractivity contribution in [2.24, 2.45) is 0 Å². The first-order valence-corrected chi connectivity index (χ1v) is 7.20. The molecule has 1 aliphatic rings. The van der Waals surface area contributed by atoms with Gasteiger partial charge in [0.25, 0.3) is 5.69 Å². The van der Waals surface area contributed by atoms with E-state index in [9.17, 15) is 20.0 Å². The number of esters is 1. The molecular formula is C14H17ClN2O5. The number of hydrogen-bond acceptors (Lipinski definition) is 6. The van der Waals surface area contributed by atoms with Crippen molar-refractivity contribution in [3.8, 4) is 0 Å². The zero-order valence-corrected chi connectivity index (χ0v) is 12.9. The highest BCUT2D eigenvalue weighted by Crippen LogP contribution is 2.34. The summed E-state index contributed by atoms with van der Waals surface area (Å²) in [5, 5.41) is 21.4. The van der Waals surface area contributed by atoms with Crippen LogP contribution in [0.25, 0.3) is 0 Å². The molecule has 0 bridgehead atoms. The Morgan fingerprint density at radius 2 is 2.14 bits per heavy atom. The number of methoxy groups -OCH3 is 1. The second kappa shape index (κ2) is 6.50. The molecule has 1 fully saturated rings. The Morgan fingerprint density at radius 3 is 2.64 bits per heavy atom. The fourth-order valence-electron chi connectivity index (χ4n) is 2.55. The average Bonchev–Trinajstić information content (AvgIpc) is 2.48. The third-order valence-corrected chi connectivity index (χ3v) is 4.18. The van der Waals surface area contributed by atoms with Crippen LogP contribution in [0.5, 0.6) is 0 Å². The zero-order valence-electron chi connectivity index (χ0n) is 12.1. The number of benzene rings is 1. The first-order chi connectivity index (χ1) is 10.3. The molecule has 0 unspecified atom stereocenters. The molecule has 1 N–H and O–H groups in total. The van der Waals surface area contributed by atoms with Crippen LogP contribution >= 0.6 is 11.6 Å². The number of aliphatic hydroxyl groups is 1. The van der Waals surface area contributed by atoms with Crippen LogP contribution in [0.15, 0.2) is 18.2 Å². The lowest BCUT2D eigenvalue weighted by atomic mass is 9.88. The maximum absolute atomic E-state index is 11.3. The lowest BCUT2D eigenvalue weighted by Crippen LogP contribution is -2.45. The van der Waals surface area contributed by atoms with Crippen LogP contribution < -0.4 is 4.90 Å². The molecule has 1 aromatic rings. The molecule has 1 heterocycles. The minimum atomic E-state index is -1.07. The van der Waals surface area contributed by atoms with Gasteiger partial charge in [0.05, 0.1) is 34.8 Å². The highest BCUT2D eigenvalue weighted by atomic mass is 35.5. The van der Waals surface area contributed by atoms with Gasteiger partial charge in [-0.1, -0.05) is 11.6 Å². The lowest BCUT2D eigenvalue weighted by molar-refractivity contribution is -0.384. The summed E-state index contributed by atoms with van der Waals surface area (Å²) in [7, 11) is 1.29. The van der Waals surface area contributed by atoms with Gasteiger partial charge in [-0.15, -0.1) is 0 Å². The third kappa shape index (κ3) is 3.66. The smallest absolute Gasteiger partial charge is 0.308 e. The second-order valence-corrected chi connectivity index (χ2v) is 5.76. The topological polar surface area (TPSA) is 92.9 Å². The lowest BCUT2D eigenvalue weighted by Gasteiger charge is -2.39. The third-order valence-electron chi connectivity index (χ3n) is 3.88. The van der Waals surface area contributed by atoms with Crippen LogP contribution in [-0.4, -0.2) is 41.8 Å². The van der Waals surface area contributed by atoms with Crippen molar-refractivity contribution in [1.29, 1.82) is 0 Å². The van der Waals surface area contributed by atoms with E-state index >= 15 is 0 Å². The maximum atomic E-state index is 11.3. The van der Waals surface area contributed by atoms with E-state index in [1.807, 2.05) is 4.90 Å². The Labute approximate surface area is 132 Å². The fraction of sp³-hybridized carbons (Fsp3) is 0.500. The number of halogens is 1. The minimum absolute atomic E-state index is 0.0364. The van der Waals surface area contributed by atoms with Crippen molar-refractivity contribution < 1.29 is 19.6 Å².